The molecule has 0 aromatic heterocycles. The Kier molecular flexibility index (Phi) is 5.03. The van der Waals surface area contributed by atoms with Gasteiger partial charge in [-0.1, -0.05) is 13.0 Å². The fourth-order valence-corrected chi connectivity index (χ4v) is 2.13. The quantitative estimate of drug-likeness (QED) is 0.807. The number of carbonyl (C=O) groups is 1. The summed E-state index contributed by atoms with van der Waals surface area (Å²) < 4.78 is 0. The van der Waals surface area contributed by atoms with Gasteiger partial charge in [-0.05, 0) is 44.4 Å². The Morgan fingerprint density at radius 2 is 2.17 bits per heavy atom. The van der Waals surface area contributed by atoms with Crippen LogP contribution in [0.2, 0.25) is 0 Å². The van der Waals surface area contributed by atoms with Crippen LogP contribution in [0, 0.1) is 6.92 Å². The summed E-state index contributed by atoms with van der Waals surface area (Å²) in [7, 11) is 0. The molecule has 2 N–H and O–H groups in total. The summed E-state index contributed by atoms with van der Waals surface area (Å²) >= 11 is 5.75. The molecule has 0 aliphatic rings. The number of hydrogen-bond acceptors (Lipinski definition) is 2. The second-order valence-corrected chi connectivity index (χ2v) is 5.21. The Hall–Kier alpha value is -1.22. The number of rotatable bonds is 5. The van der Waals surface area contributed by atoms with E-state index < -0.39 is 0 Å². The molecule has 0 fully saturated rings. The first kappa shape index (κ1) is 14.8. The van der Waals surface area contributed by atoms with Crippen LogP contribution in [-0.4, -0.2) is 22.4 Å². The van der Waals surface area contributed by atoms with Crippen LogP contribution in [0.4, 0.5) is 0 Å². The first-order valence-electron chi connectivity index (χ1n) is 6.10. The minimum Gasteiger partial charge on any atom is -0.507 e. The van der Waals surface area contributed by atoms with Crippen LogP contribution >= 0.6 is 11.6 Å². The normalized spacial score (nSPS) is 14.0. The zero-order chi connectivity index (χ0) is 13.8. The summed E-state index contributed by atoms with van der Waals surface area (Å²) in [5, 5.41) is 12.7. The van der Waals surface area contributed by atoms with E-state index in [9.17, 15) is 9.90 Å². The molecule has 0 aliphatic heterocycles. The van der Waals surface area contributed by atoms with E-state index in [1.807, 2.05) is 20.8 Å². The van der Waals surface area contributed by atoms with Gasteiger partial charge >= 0.3 is 0 Å². The lowest BCUT2D eigenvalue weighted by Gasteiger charge is -2.29. The van der Waals surface area contributed by atoms with Crippen LogP contribution in [0.15, 0.2) is 18.2 Å². The van der Waals surface area contributed by atoms with Gasteiger partial charge in [0.1, 0.15) is 5.75 Å². The molecule has 0 aliphatic carbocycles. The van der Waals surface area contributed by atoms with Gasteiger partial charge < -0.3 is 10.4 Å². The van der Waals surface area contributed by atoms with Gasteiger partial charge in [-0.25, -0.2) is 0 Å². The monoisotopic (exact) mass is 269 g/mol. The number of halogens is 1. The lowest BCUT2D eigenvalue weighted by atomic mass is 9.95. The highest BCUT2D eigenvalue weighted by Gasteiger charge is 2.25. The van der Waals surface area contributed by atoms with Crippen LogP contribution in [0.3, 0.4) is 0 Å². The molecule has 0 bridgehead atoms. The molecule has 1 aromatic rings. The van der Waals surface area contributed by atoms with Gasteiger partial charge in [0.25, 0.3) is 5.91 Å². The van der Waals surface area contributed by atoms with E-state index in [0.717, 1.165) is 12.0 Å². The van der Waals surface area contributed by atoms with Crippen molar-refractivity contribution in [2.45, 2.75) is 39.2 Å². The smallest absolute Gasteiger partial charge is 0.255 e. The molecule has 0 saturated carbocycles. The van der Waals surface area contributed by atoms with Crippen LogP contribution < -0.4 is 5.32 Å². The van der Waals surface area contributed by atoms with Crippen molar-refractivity contribution in [3.05, 3.63) is 29.3 Å². The van der Waals surface area contributed by atoms with E-state index in [1.165, 1.54) is 0 Å². The van der Waals surface area contributed by atoms with Crippen LogP contribution in [0.5, 0.6) is 5.75 Å². The van der Waals surface area contributed by atoms with Crippen LogP contribution in [0.1, 0.15) is 42.6 Å². The van der Waals surface area contributed by atoms with Gasteiger partial charge in [-0.2, -0.15) is 0 Å². The minimum absolute atomic E-state index is 0.0110. The molecule has 4 heteroatoms. The number of alkyl halides is 1. The van der Waals surface area contributed by atoms with Gasteiger partial charge in [-0.3, -0.25) is 4.79 Å². The molecule has 0 spiro atoms. The SMILES string of the molecule is CCC(C)(CCCl)NC(=O)c1ccc(C)cc1O. The number of aryl methyl sites for hydroxylation is 1. The molecule has 100 valence electrons. The highest BCUT2D eigenvalue weighted by atomic mass is 35.5. The molecular weight excluding hydrogens is 250 g/mol. The third kappa shape index (κ3) is 3.64. The maximum Gasteiger partial charge on any atom is 0.255 e. The molecule has 18 heavy (non-hydrogen) atoms. The van der Waals surface area contributed by atoms with Gasteiger partial charge in [0.05, 0.1) is 5.56 Å². The fraction of sp³-hybridized carbons (Fsp3) is 0.500. The topological polar surface area (TPSA) is 49.3 Å². The van der Waals surface area contributed by atoms with Gasteiger partial charge in [0.2, 0.25) is 0 Å². The van der Waals surface area contributed by atoms with Gasteiger partial charge in [0.15, 0.2) is 0 Å². The third-order valence-corrected chi connectivity index (χ3v) is 3.43. The predicted molar refractivity (Wildman–Crippen MR) is 74.3 cm³/mol. The fourth-order valence-electron chi connectivity index (χ4n) is 1.71. The van der Waals surface area contributed by atoms with Crippen molar-refractivity contribution >= 4 is 17.5 Å². The number of benzene rings is 1. The standard InChI is InChI=1S/C14H20ClNO2/c1-4-14(3,7-8-15)16-13(18)11-6-5-10(2)9-12(11)17/h5-6,9,17H,4,7-8H2,1-3H3,(H,16,18). The number of hydrogen-bond donors (Lipinski definition) is 2. The summed E-state index contributed by atoms with van der Waals surface area (Å²) in [6.45, 7) is 5.82. The number of nitrogens with one attached hydrogen (secondary N) is 1. The highest BCUT2D eigenvalue weighted by Crippen LogP contribution is 2.21. The Labute approximate surface area is 113 Å². The number of carbonyl (C=O) groups excluding carboxylic acids is 1. The minimum atomic E-state index is -0.337. The van der Waals surface area contributed by atoms with Crippen molar-refractivity contribution in [3.8, 4) is 5.75 Å². The Morgan fingerprint density at radius 1 is 1.50 bits per heavy atom. The lowest BCUT2D eigenvalue weighted by molar-refractivity contribution is 0.0899. The van der Waals surface area contributed by atoms with Crippen molar-refractivity contribution in [2.24, 2.45) is 0 Å². The highest BCUT2D eigenvalue weighted by molar-refractivity contribution is 6.17. The molecule has 0 radical (unpaired) electrons. The number of aromatic hydroxyl groups is 1. The first-order chi connectivity index (χ1) is 8.41. The number of amides is 1. The lowest BCUT2D eigenvalue weighted by Crippen LogP contribution is -2.45. The summed E-state index contributed by atoms with van der Waals surface area (Å²) in [5.74, 6) is 0.239. The predicted octanol–water partition coefficient (Wildman–Crippen LogP) is 3.23. The van der Waals surface area contributed by atoms with Crippen molar-refractivity contribution in [2.75, 3.05) is 5.88 Å². The molecule has 1 atom stereocenters. The molecule has 1 aromatic carbocycles. The number of phenolic OH excluding ortho intramolecular Hbond substituents is 1. The summed E-state index contributed by atoms with van der Waals surface area (Å²) in [6.07, 6.45) is 1.49. The van der Waals surface area contributed by atoms with Crippen molar-refractivity contribution < 1.29 is 9.90 Å². The van der Waals surface area contributed by atoms with Crippen LogP contribution in [0.25, 0.3) is 0 Å². The average molecular weight is 270 g/mol. The van der Waals surface area contributed by atoms with Crippen molar-refractivity contribution in [1.82, 2.24) is 5.32 Å². The van der Waals surface area contributed by atoms with E-state index in [0.29, 0.717) is 17.9 Å². The first-order valence-corrected chi connectivity index (χ1v) is 6.63. The maximum absolute atomic E-state index is 12.1. The Bertz CT molecular complexity index is 434. The second-order valence-electron chi connectivity index (χ2n) is 4.83. The van der Waals surface area contributed by atoms with E-state index in [1.54, 1.807) is 18.2 Å². The zero-order valence-corrected chi connectivity index (χ0v) is 11.8. The maximum atomic E-state index is 12.1. The zero-order valence-electron chi connectivity index (χ0n) is 11.1. The Morgan fingerprint density at radius 3 is 2.67 bits per heavy atom. The molecule has 1 unspecified atom stereocenters. The summed E-state index contributed by atoms with van der Waals surface area (Å²) in [4.78, 5) is 12.1. The molecule has 0 saturated heterocycles. The molecule has 1 rings (SSSR count). The molecule has 1 amide bonds. The summed E-state index contributed by atoms with van der Waals surface area (Å²) in [6, 6.07) is 5.02. The average Bonchev–Trinajstić information content (AvgIpc) is 2.28. The van der Waals surface area contributed by atoms with Crippen molar-refractivity contribution in [3.63, 3.8) is 0 Å². The van der Waals surface area contributed by atoms with E-state index >= 15 is 0 Å². The number of phenols is 1. The van der Waals surface area contributed by atoms with E-state index in [2.05, 4.69) is 5.32 Å². The molecular formula is C14H20ClNO2. The third-order valence-electron chi connectivity index (χ3n) is 3.24. The van der Waals surface area contributed by atoms with E-state index in [4.69, 9.17) is 11.6 Å². The largest absolute Gasteiger partial charge is 0.507 e. The van der Waals surface area contributed by atoms with E-state index in [-0.39, 0.29) is 17.2 Å². The molecule has 0 heterocycles. The van der Waals surface area contributed by atoms with Crippen LogP contribution in [-0.2, 0) is 0 Å². The second kappa shape index (κ2) is 6.10. The summed E-state index contributed by atoms with van der Waals surface area (Å²) in [5.41, 5.74) is 0.883. The van der Waals surface area contributed by atoms with Gasteiger partial charge in [-0.15, -0.1) is 11.6 Å². The van der Waals surface area contributed by atoms with Crippen molar-refractivity contribution in [1.29, 1.82) is 0 Å². The van der Waals surface area contributed by atoms with Gasteiger partial charge in [0, 0.05) is 11.4 Å². The molecule has 3 nitrogen and oxygen atoms in total. The Balaban J connectivity index is 2.87.